The van der Waals surface area contributed by atoms with E-state index in [2.05, 4.69) is 0 Å². The van der Waals surface area contributed by atoms with Gasteiger partial charge in [-0.25, -0.2) is 0 Å². The fourth-order valence-corrected chi connectivity index (χ4v) is 2.02. The van der Waals surface area contributed by atoms with Crippen molar-refractivity contribution in [1.29, 1.82) is 0 Å². The third-order valence-electron chi connectivity index (χ3n) is 2.99. The van der Waals surface area contributed by atoms with Gasteiger partial charge in [0.25, 0.3) is 0 Å². The van der Waals surface area contributed by atoms with Gasteiger partial charge in [0, 0.05) is 37.5 Å². The number of hydrogen-bond acceptors (Lipinski definition) is 4. The molecule has 4 nitrogen and oxygen atoms in total. The van der Waals surface area contributed by atoms with E-state index in [0.29, 0.717) is 12.1 Å². The molecule has 0 spiro atoms. The summed E-state index contributed by atoms with van der Waals surface area (Å²) in [5.41, 5.74) is 10.7. The Kier molecular flexibility index (Phi) is 3.58. The molecule has 4 heteroatoms. The van der Waals surface area contributed by atoms with Gasteiger partial charge in [-0.1, -0.05) is 18.2 Å². The van der Waals surface area contributed by atoms with Gasteiger partial charge in [0.1, 0.15) is 12.5 Å². The first-order valence-electron chi connectivity index (χ1n) is 5.87. The first-order chi connectivity index (χ1) is 8.65. The van der Waals surface area contributed by atoms with E-state index in [-0.39, 0.29) is 6.61 Å². The van der Waals surface area contributed by atoms with E-state index in [1.54, 1.807) is 12.5 Å². The summed E-state index contributed by atoms with van der Waals surface area (Å²) < 4.78 is 5.27. The number of nitrogens with two attached hydrogens (primary N) is 1. The lowest BCUT2D eigenvalue weighted by Gasteiger charge is -2.14. The van der Waals surface area contributed by atoms with Crippen molar-refractivity contribution in [2.24, 2.45) is 0 Å². The van der Waals surface area contributed by atoms with Gasteiger partial charge in [-0.2, -0.15) is 0 Å². The number of hydrogen-bond donors (Lipinski definition) is 2. The predicted molar refractivity (Wildman–Crippen MR) is 73.7 cm³/mol. The maximum absolute atomic E-state index is 9.03. The molecule has 0 aliphatic heterocycles. The first-order valence-corrected chi connectivity index (χ1v) is 5.87. The van der Waals surface area contributed by atoms with Crippen molar-refractivity contribution < 1.29 is 9.52 Å². The van der Waals surface area contributed by atoms with E-state index in [1.807, 2.05) is 37.2 Å². The van der Waals surface area contributed by atoms with E-state index in [0.717, 1.165) is 22.4 Å². The summed E-state index contributed by atoms with van der Waals surface area (Å²) in [4.78, 5) is 1.98. The van der Waals surface area contributed by atoms with Crippen molar-refractivity contribution in [3.05, 3.63) is 36.3 Å². The van der Waals surface area contributed by atoms with Crippen molar-refractivity contribution >= 4 is 11.4 Å². The Morgan fingerprint density at radius 2 is 2.00 bits per heavy atom. The number of para-hydroxylation sites is 1. The Hall–Kier alpha value is -1.94. The highest BCUT2D eigenvalue weighted by atomic mass is 16.3. The monoisotopic (exact) mass is 246 g/mol. The van der Waals surface area contributed by atoms with Crippen LogP contribution < -0.4 is 10.6 Å². The first kappa shape index (κ1) is 12.5. The van der Waals surface area contributed by atoms with Crippen LogP contribution in [0.5, 0.6) is 0 Å². The fourth-order valence-electron chi connectivity index (χ4n) is 2.02. The Morgan fingerprint density at radius 1 is 1.22 bits per heavy atom. The van der Waals surface area contributed by atoms with Crippen LogP contribution in [0, 0.1) is 0 Å². The molecule has 0 unspecified atom stereocenters. The molecule has 2 rings (SSSR count). The van der Waals surface area contributed by atoms with Gasteiger partial charge in [0.15, 0.2) is 0 Å². The summed E-state index contributed by atoms with van der Waals surface area (Å²) in [5.74, 6) is 0. The predicted octanol–water partition coefficient (Wildman–Crippen LogP) is 2.13. The highest BCUT2D eigenvalue weighted by Crippen LogP contribution is 2.36. The number of aliphatic hydroxyl groups is 1. The molecule has 2 aromatic rings. The number of anilines is 2. The molecular weight excluding hydrogens is 228 g/mol. The van der Waals surface area contributed by atoms with Crippen LogP contribution in [-0.4, -0.2) is 25.8 Å². The summed E-state index contributed by atoms with van der Waals surface area (Å²) >= 11 is 0. The van der Waals surface area contributed by atoms with Gasteiger partial charge in [-0.15, -0.1) is 0 Å². The second-order valence-corrected chi connectivity index (χ2v) is 4.42. The van der Waals surface area contributed by atoms with Gasteiger partial charge in [-0.05, 0) is 12.0 Å². The minimum atomic E-state index is 0.0968. The van der Waals surface area contributed by atoms with E-state index in [4.69, 9.17) is 15.3 Å². The number of nitrogens with zero attached hydrogens (tertiary/aromatic N) is 1. The van der Waals surface area contributed by atoms with Gasteiger partial charge in [0.05, 0.1) is 5.69 Å². The Morgan fingerprint density at radius 3 is 2.67 bits per heavy atom. The Labute approximate surface area is 107 Å². The summed E-state index contributed by atoms with van der Waals surface area (Å²) in [6, 6.07) is 5.85. The van der Waals surface area contributed by atoms with Gasteiger partial charge in [0.2, 0.25) is 0 Å². The molecule has 0 amide bonds. The molecule has 1 heterocycles. The van der Waals surface area contributed by atoms with Crippen LogP contribution in [0.25, 0.3) is 11.1 Å². The average Bonchev–Trinajstić information content (AvgIpc) is 2.81. The molecule has 1 aromatic heterocycles. The van der Waals surface area contributed by atoms with Crippen molar-refractivity contribution in [2.45, 2.75) is 6.42 Å². The second kappa shape index (κ2) is 5.14. The van der Waals surface area contributed by atoms with Crippen molar-refractivity contribution in [3.63, 3.8) is 0 Å². The number of furan rings is 1. The molecule has 0 fully saturated rings. The maximum atomic E-state index is 9.03. The fraction of sp³-hybridized carbons (Fsp3) is 0.286. The van der Waals surface area contributed by atoms with Crippen molar-refractivity contribution in [3.8, 4) is 11.1 Å². The molecule has 0 saturated carbocycles. The summed E-state index contributed by atoms with van der Waals surface area (Å²) in [7, 11) is 3.92. The zero-order chi connectivity index (χ0) is 13.1. The van der Waals surface area contributed by atoms with Crippen LogP contribution >= 0.6 is 0 Å². The zero-order valence-electron chi connectivity index (χ0n) is 10.7. The lowest BCUT2D eigenvalue weighted by molar-refractivity contribution is 0.300. The number of nitrogen functional groups attached to an aromatic ring is 1. The van der Waals surface area contributed by atoms with Crippen molar-refractivity contribution in [2.75, 3.05) is 31.3 Å². The molecule has 1 aromatic carbocycles. The molecule has 0 bridgehead atoms. The molecule has 18 heavy (non-hydrogen) atoms. The lowest BCUT2D eigenvalue weighted by atomic mass is 10.00. The van der Waals surface area contributed by atoms with E-state index >= 15 is 0 Å². The molecule has 0 atom stereocenters. The Balaban J connectivity index is 2.50. The third-order valence-corrected chi connectivity index (χ3v) is 2.99. The Bertz CT molecular complexity index is 532. The van der Waals surface area contributed by atoms with E-state index < -0.39 is 0 Å². The van der Waals surface area contributed by atoms with Gasteiger partial charge < -0.3 is 20.2 Å². The topological polar surface area (TPSA) is 62.6 Å². The number of benzene rings is 1. The van der Waals surface area contributed by atoms with Gasteiger partial charge in [-0.3, -0.25) is 0 Å². The van der Waals surface area contributed by atoms with Crippen LogP contribution in [0.15, 0.2) is 35.1 Å². The standard InChI is InChI=1S/C14H18N2O2/c1-16(2)13-9-18-8-12(13)11-5-3-4-10(6-7-17)14(11)15/h3-5,8-9,17H,6-7,15H2,1-2H3. The average molecular weight is 246 g/mol. The molecule has 96 valence electrons. The van der Waals surface area contributed by atoms with Crippen LogP contribution in [0.3, 0.4) is 0 Å². The number of aliphatic hydroxyl groups excluding tert-OH is 1. The quantitative estimate of drug-likeness (QED) is 0.811. The summed E-state index contributed by atoms with van der Waals surface area (Å²) in [5, 5.41) is 9.03. The van der Waals surface area contributed by atoms with Crippen LogP contribution in [0.4, 0.5) is 11.4 Å². The molecule has 0 saturated heterocycles. The summed E-state index contributed by atoms with van der Waals surface area (Å²) in [6.45, 7) is 0.0968. The molecule has 0 radical (unpaired) electrons. The molecular formula is C14H18N2O2. The largest absolute Gasteiger partial charge is 0.470 e. The number of rotatable bonds is 4. The highest BCUT2D eigenvalue weighted by Gasteiger charge is 2.13. The molecule has 3 N–H and O–H groups in total. The highest BCUT2D eigenvalue weighted by molar-refractivity contribution is 5.86. The SMILES string of the molecule is CN(C)c1cocc1-c1cccc(CCO)c1N. The van der Waals surface area contributed by atoms with Crippen LogP contribution in [-0.2, 0) is 6.42 Å². The second-order valence-electron chi connectivity index (χ2n) is 4.42. The lowest BCUT2D eigenvalue weighted by Crippen LogP contribution is -2.09. The smallest absolute Gasteiger partial charge is 0.114 e. The zero-order valence-corrected chi connectivity index (χ0v) is 10.7. The third kappa shape index (κ3) is 2.19. The van der Waals surface area contributed by atoms with Crippen molar-refractivity contribution in [1.82, 2.24) is 0 Å². The minimum absolute atomic E-state index is 0.0968. The van der Waals surface area contributed by atoms with E-state index in [1.165, 1.54) is 0 Å². The van der Waals surface area contributed by atoms with E-state index in [9.17, 15) is 0 Å². The van der Waals surface area contributed by atoms with Gasteiger partial charge >= 0.3 is 0 Å². The minimum Gasteiger partial charge on any atom is -0.470 e. The van der Waals surface area contributed by atoms with Crippen LogP contribution in [0.1, 0.15) is 5.56 Å². The summed E-state index contributed by atoms with van der Waals surface area (Å²) in [6.07, 6.45) is 3.96. The maximum Gasteiger partial charge on any atom is 0.114 e. The molecule has 0 aliphatic carbocycles. The van der Waals surface area contributed by atoms with Crippen LogP contribution in [0.2, 0.25) is 0 Å². The molecule has 0 aliphatic rings. The normalized spacial score (nSPS) is 10.6.